The van der Waals surface area contributed by atoms with Gasteiger partial charge in [0.05, 0.1) is 6.20 Å². The molecule has 1 aromatic rings. The van der Waals surface area contributed by atoms with Crippen molar-refractivity contribution in [3.63, 3.8) is 0 Å². The van der Waals surface area contributed by atoms with E-state index in [1.165, 1.54) is 0 Å². The van der Waals surface area contributed by atoms with Crippen LogP contribution in [0.5, 0.6) is 0 Å². The first kappa shape index (κ1) is 12.7. The standard InChI is InChI=1S/C11H21N5/c1-10(2,3)14-8-7-12-16-9(13-8)15-11(4,5)6/h7H,1-6H3,(H2,13,14,15,16). The van der Waals surface area contributed by atoms with Crippen LogP contribution in [0.1, 0.15) is 41.5 Å². The number of aromatic nitrogens is 3. The van der Waals surface area contributed by atoms with Crippen LogP contribution in [0.3, 0.4) is 0 Å². The normalized spacial score (nSPS) is 12.4. The molecule has 1 heterocycles. The molecule has 0 fully saturated rings. The van der Waals surface area contributed by atoms with Gasteiger partial charge >= 0.3 is 0 Å². The van der Waals surface area contributed by atoms with E-state index >= 15 is 0 Å². The van der Waals surface area contributed by atoms with E-state index in [1.807, 2.05) is 0 Å². The van der Waals surface area contributed by atoms with Crippen LogP contribution < -0.4 is 10.6 Å². The molecular formula is C11H21N5. The van der Waals surface area contributed by atoms with Crippen LogP contribution in [0.4, 0.5) is 11.8 Å². The Balaban J connectivity index is 2.79. The fraction of sp³-hybridized carbons (Fsp3) is 0.727. The van der Waals surface area contributed by atoms with Gasteiger partial charge in [0.15, 0.2) is 5.82 Å². The molecule has 0 aliphatic carbocycles. The minimum Gasteiger partial charge on any atom is -0.364 e. The third kappa shape index (κ3) is 4.91. The lowest BCUT2D eigenvalue weighted by molar-refractivity contribution is 0.616. The van der Waals surface area contributed by atoms with E-state index in [4.69, 9.17) is 0 Å². The van der Waals surface area contributed by atoms with Crippen LogP contribution >= 0.6 is 0 Å². The zero-order valence-electron chi connectivity index (χ0n) is 10.9. The van der Waals surface area contributed by atoms with Crippen LogP contribution in [0.15, 0.2) is 6.20 Å². The van der Waals surface area contributed by atoms with Crippen molar-refractivity contribution >= 4 is 11.8 Å². The maximum Gasteiger partial charge on any atom is 0.245 e. The Labute approximate surface area is 97.1 Å². The first-order chi connectivity index (χ1) is 7.16. The van der Waals surface area contributed by atoms with Gasteiger partial charge in [-0.1, -0.05) is 0 Å². The van der Waals surface area contributed by atoms with Gasteiger partial charge in [0.25, 0.3) is 0 Å². The molecule has 1 aromatic heterocycles. The average Bonchev–Trinajstić information content (AvgIpc) is 1.96. The summed E-state index contributed by atoms with van der Waals surface area (Å²) in [6.45, 7) is 12.4. The molecule has 5 nitrogen and oxygen atoms in total. The Morgan fingerprint density at radius 1 is 0.938 bits per heavy atom. The number of nitrogens with one attached hydrogen (secondary N) is 2. The Morgan fingerprint density at radius 2 is 1.50 bits per heavy atom. The third-order valence-electron chi connectivity index (χ3n) is 1.55. The van der Waals surface area contributed by atoms with Crippen LogP contribution in [0.2, 0.25) is 0 Å². The molecule has 0 aliphatic rings. The zero-order chi connectivity index (χ0) is 12.4. The Kier molecular flexibility index (Phi) is 3.35. The monoisotopic (exact) mass is 223 g/mol. The van der Waals surface area contributed by atoms with Gasteiger partial charge in [-0.15, -0.1) is 5.10 Å². The highest BCUT2D eigenvalue weighted by molar-refractivity contribution is 5.39. The quantitative estimate of drug-likeness (QED) is 0.805. The third-order valence-corrected chi connectivity index (χ3v) is 1.55. The summed E-state index contributed by atoms with van der Waals surface area (Å²) < 4.78 is 0. The summed E-state index contributed by atoms with van der Waals surface area (Å²) in [4.78, 5) is 4.35. The maximum absolute atomic E-state index is 4.35. The van der Waals surface area contributed by atoms with Gasteiger partial charge in [-0.25, -0.2) is 0 Å². The minimum absolute atomic E-state index is 0.0327. The van der Waals surface area contributed by atoms with Crippen molar-refractivity contribution in [1.29, 1.82) is 0 Å². The molecule has 2 N–H and O–H groups in total. The number of hydrogen-bond donors (Lipinski definition) is 2. The van der Waals surface area contributed by atoms with Crippen molar-refractivity contribution in [2.75, 3.05) is 10.6 Å². The van der Waals surface area contributed by atoms with Crippen LogP contribution in [-0.4, -0.2) is 26.3 Å². The summed E-state index contributed by atoms with van der Waals surface area (Å²) in [7, 11) is 0. The molecule has 0 radical (unpaired) electrons. The molecule has 0 spiro atoms. The van der Waals surface area contributed by atoms with Crippen LogP contribution in [0, 0.1) is 0 Å². The molecule has 0 saturated heterocycles. The Hall–Kier alpha value is -1.39. The summed E-state index contributed by atoms with van der Waals surface area (Å²) in [6.07, 6.45) is 1.62. The molecule has 0 saturated carbocycles. The van der Waals surface area contributed by atoms with E-state index in [-0.39, 0.29) is 11.1 Å². The Morgan fingerprint density at radius 3 is 2.00 bits per heavy atom. The second-order valence-electron chi connectivity index (χ2n) is 5.92. The molecule has 1 rings (SSSR count). The second kappa shape index (κ2) is 4.23. The lowest BCUT2D eigenvalue weighted by Gasteiger charge is -2.23. The highest BCUT2D eigenvalue weighted by atomic mass is 15.3. The SMILES string of the molecule is CC(C)(C)Nc1cnnc(NC(C)(C)C)n1. The Bertz CT molecular complexity index is 317. The topological polar surface area (TPSA) is 62.7 Å². The van der Waals surface area contributed by atoms with Crippen LogP contribution in [-0.2, 0) is 0 Å². The molecule has 0 bridgehead atoms. The van der Waals surface area contributed by atoms with Gasteiger partial charge in [0.1, 0.15) is 0 Å². The lowest BCUT2D eigenvalue weighted by Crippen LogP contribution is -2.29. The summed E-state index contributed by atoms with van der Waals surface area (Å²) in [5.41, 5.74) is -0.100. The number of anilines is 2. The lowest BCUT2D eigenvalue weighted by atomic mass is 10.1. The van der Waals surface area contributed by atoms with Crippen molar-refractivity contribution < 1.29 is 0 Å². The van der Waals surface area contributed by atoms with E-state index in [1.54, 1.807) is 6.20 Å². The van der Waals surface area contributed by atoms with Gasteiger partial charge in [-0.05, 0) is 41.5 Å². The van der Waals surface area contributed by atoms with Crippen molar-refractivity contribution in [2.24, 2.45) is 0 Å². The van der Waals surface area contributed by atoms with E-state index in [9.17, 15) is 0 Å². The molecule has 16 heavy (non-hydrogen) atoms. The number of nitrogens with zero attached hydrogens (tertiary/aromatic N) is 3. The van der Waals surface area contributed by atoms with Gasteiger partial charge in [0, 0.05) is 11.1 Å². The first-order valence-corrected chi connectivity index (χ1v) is 5.42. The molecule has 5 heteroatoms. The minimum atomic E-state index is -0.0674. The summed E-state index contributed by atoms with van der Waals surface area (Å²) in [6, 6.07) is 0. The van der Waals surface area contributed by atoms with Crippen molar-refractivity contribution in [2.45, 2.75) is 52.6 Å². The predicted octanol–water partition coefficient (Wildman–Crippen LogP) is 2.29. The van der Waals surface area contributed by atoms with Gasteiger partial charge in [-0.2, -0.15) is 10.1 Å². The fourth-order valence-electron chi connectivity index (χ4n) is 1.14. The molecule has 0 aliphatic heterocycles. The van der Waals surface area contributed by atoms with Crippen molar-refractivity contribution in [3.8, 4) is 0 Å². The van der Waals surface area contributed by atoms with Gasteiger partial charge < -0.3 is 10.6 Å². The fourth-order valence-corrected chi connectivity index (χ4v) is 1.14. The van der Waals surface area contributed by atoms with Crippen molar-refractivity contribution in [3.05, 3.63) is 6.20 Å². The maximum atomic E-state index is 4.35. The van der Waals surface area contributed by atoms with E-state index < -0.39 is 0 Å². The zero-order valence-corrected chi connectivity index (χ0v) is 10.9. The number of rotatable bonds is 2. The average molecular weight is 223 g/mol. The van der Waals surface area contributed by atoms with Crippen LogP contribution in [0.25, 0.3) is 0 Å². The predicted molar refractivity (Wildman–Crippen MR) is 66.6 cm³/mol. The largest absolute Gasteiger partial charge is 0.364 e. The summed E-state index contributed by atoms with van der Waals surface area (Å²) >= 11 is 0. The first-order valence-electron chi connectivity index (χ1n) is 5.42. The highest BCUT2D eigenvalue weighted by Gasteiger charge is 2.14. The van der Waals surface area contributed by atoms with E-state index in [0.29, 0.717) is 5.95 Å². The second-order valence-corrected chi connectivity index (χ2v) is 5.92. The van der Waals surface area contributed by atoms with Gasteiger partial charge in [-0.3, -0.25) is 0 Å². The highest BCUT2D eigenvalue weighted by Crippen LogP contribution is 2.14. The van der Waals surface area contributed by atoms with Gasteiger partial charge in [0.2, 0.25) is 5.95 Å². The molecule has 90 valence electrons. The smallest absolute Gasteiger partial charge is 0.245 e. The molecule has 0 atom stereocenters. The summed E-state index contributed by atoms with van der Waals surface area (Å²) in [5.74, 6) is 1.27. The molecule has 0 aromatic carbocycles. The van der Waals surface area contributed by atoms with E-state index in [2.05, 4.69) is 67.4 Å². The molecule has 0 amide bonds. The van der Waals surface area contributed by atoms with E-state index in [0.717, 1.165) is 5.82 Å². The van der Waals surface area contributed by atoms with Crippen molar-refractivity contribution in [1.82, 2.24) is 15.2 Å². The summed E-state index contributed by atoms with van der Waals surface area (Å²) in [5, 5.41) is 14.3. The molecular weight excluding hydrogens is 202 g/mol. The number of hydrogen-bond acceptors (Lipinski definition) is 5. The molecule has 0 unspecified atom stereocenters.